The van der Waals surface area contributed by atoms with Crippen molar-refractivity contribution < 1.29 is 22.4 Å². The molecule has 1 aromatic heterocycles. The minimum Gasteiger partial charge on any atom is -0.465 e. The Hall–Kier alpha value is -1.38. The second-order valence-corrected chi connectivity index (χ2v) is 6.86. The van der Waals surface area contributed by atoms with Crippen molar-refractivity contribution in [3.8, 4) is 0 Å². The van der Waals surface area contributed by atoms with Crippen molar-refractivity contribution in [2.45, 2.75) is 38.3 Å². The molecule has 7 nitrogen and oxygen atoms in total. The summed E-state index contributed by atoms with van der Waals surface area (Å²) >= 11 is 0. The summed E-state index contributed by atoms with van der Waals surface area (Å²) in [6.45, 7) is 5.63. The van der Waals surface area contributed by atoms with Gasteiger partial charge in [-0.05, 0) is 19.3 Å². The van der Waals surface area contributed by atoms with Gasteiger partial charge in [0.25, 0.3) is 10.0 Å². The molecule has 8 heteroatoms. The zero-order chi connectivity index (χ0) is 16.2. The van der Waals surface area contributed by atoms with Crippen molar-refractivity contribution >= 4 is 16.0 Å². The van der Waals surface area contributed by atoms with Gasteiger partial charge in [0.2, 0.25) is 5.09 Å². The van der Waals surface area contributed by atoms with Crippen LogP contribution in [0.2, 0.25) is 0 Å². The molecule has 3 N–H and O–H groups in total. The SMILES string of the molecule is COC(=O)c1cc(S(=O)(=O)NC(CN)CC(C)C)oc1C. The van der Waals surface area contributed by atoms with Gasteiger partial charge in [0.15, 0.2) is 0 Å². The molecular weight excluding hydrogens is 296 g/mol. The standard InChI is InChI=1S/C13H22N2O5S/c1-8(2)5-10(7-14)15-21(17,18)12-6-11(9(3)20-12)13(16)19-4/h6,8,10,15H,5,7,14H2,1-4H3. The summed E-state index contributed by atoms with van der Waals surface area (Å²) in [5, 5.41) is -0.317. The topological polar surface area (TPSA) is 112 Å². The van der Waals surface area contributed by atoms with Crippen molar-refractivity contribution in [2.75, 3.05) is 13.7 Å². The van der Waals surface area contributed by atoms with Gasteiger partial charge in [-0.25, -0.2) is 17.9 Å². The van der Waals surface area contributed by atoms with Gasteiger partial charge in [-0.2, -0.15) is 0 Å². The van der Waals surface area contributed by atoms with Crippen LogP contribution < -0.4 is 10.5 Å². The van der Waals surface area contributed by atoms with E-state index in [1.165, 1.54) is 14.0 Å². The predicted octanol–water partition coefficient (Wildman–Crippen LogP) is 1.03. The number of sulfonamides is 1. The molecule has 1 unspecified atom stereocenters. The Kier molecular flexibility index (Phi) is 5.94. The van der Waals surface area contributed by atoms with Gasteiger partial charge in [-0.3, -0.25) is 0 Å². The molecule has 21 heavy (non-hydrogen) atoms. The van der Waals surface area contributed by atoms with Gasteiger partial charge in [0.1, 0.15) is 11.3 Å². The van der Waals surface area contributed by atoms with Gasteiger partial charge in [-0.1, -0.05) is 13.8 Å². The van der Waals surface area contributed by atoms with Gasteiger partial charge in [-0.15, -0.1) is 0 Å². The zero-order valence-electron chi connectivity index (χ0n) is 12.7. The lowest BCUT2D eigenvalue weighted by atomic mass is 10.1. The van der Waals surface area contributed by atoms with E-state index in [1.54, 1.807) is 0 Å². The molecule has 1 aromatic rings. The van der Waals surface area contributed by atoms with E-state index in [0.29, 0.717) is 12.3 Å². The maximum Gasteiger partial charge on any atom is 0.341 e. The molecule has 0 aliphatic rings. The third-order valence-corrected chi connectivity index (χ3v) is 4.30. The first-order valence-electron chi connectivity index (χ1n) is 6.62. The third kappa shape index (κ3) is 4.55. The number of ether oxygens (including phenoxy) is 1. The Bertz CT molecular complexity index is 592. The molecule has 0 bridgehead atoms. The van der Waals surface area contributed by atoms with Crippen molar-refractivity contribution in [1.29, 1.82) is 0 Å². The maximum atomic E-state index is 12.2. The Balaban J connectivity index is 3.00. The molecule has 0 fully saturated rings. The molecule has 0 aliphatic carbocycles. The Morgan fingerprint density at radius 1 is 1.48 bits per heavy atom. The largest absolute Gasteiger partial charge is 0.465 e. The smallest absolute Gasteiger partial charge is 0.341 e. The first kappa shape index (κ1) is 17.7. The molecule has 1 heterocycles. The highest BCUT2D eigenvalue weighted by molar-refractivity contribution is 7.89. The van der Waals surface area contributed by atoms with Crippen LogP contribution in [0.25, 0.3) is 0 Å². The second kappa shape index (κ2) is 7.06. The molecular formula is C13H22N2O5S. The number of furan rings is 1. The van der Waals surface area contributed by atoms with Crippen LogP contribution in [0, 0.1) is 12.8 Å². The van der Waals surface area contributed by atoms with Gasteiger partial charge >= 0.3 is 5.97 Å². The second-order valence-electron chi connectivity index (χ2n) is 5.21. The number of rotatable bonds is 7. The van der Waals surface area contributed by atoms with E-state index >= 15 is 0 Å². The van der Waals surface area contributed by atoms with Crippen LogP contribution >= 0.6 is 0 Å². The number of hydrogen-bond donors (Lipinski definition) is 2. The average molecular weight is 318 g/mol. The third-order valence-electron chi connectivity index (χ3n) is 2.93. The van der Waals surface area contributed by atoms with E-state index in [9.17, 15) is 13.2 Å². The van der Waals surface area contributed by atoms with Crippen molar-refractivity contribution in [1.82, 2.24) is 4.72 Å². The number of hydrogen-bond acceptors (Lipinski definition) is 6. The molecule has 0 radical (unpaired) electrons. The summed E-state index contributed by atoms with van der Waals surface area (Å²) < 4.78 is 36.7. The van der Waals surface area contributed by atoms with Crippen molar-refractivity contribution in [3.63, 3.8) is 0 Å². The van der Waals surface area contributed by atoms with Crippen LogP contribution in [0.3, 0.4) is 0 Å². The van der Waals surface area contributed by atoms with Crippen LogP contribution in [0.1, 0.15) is 36.4 Å². The molecule has 0 aromatic carbocycles. The number of esters is 1. The quantitative estimate of drug-likeness (QED) is 0.726. The monoisotopic (exact) mass is 318 g/mol. The van der Waals surface area contributed by atoms with E-state index in [1.807, 2.05) is 13.8 Å². The fraction of sp³-hybridized carbons (Fsp3) is 0.615. The molecule has 0 amide bonds. The lowest BCUT2D eigenvalue weighted by Crippen LogP contribution is -2.40. The van der Waals surface area contributed by atoms with Crippen LogP contribution in [-0.2, 0) is 14.8 Å². The number of carbonyl (C=O) groups excluding carboxylic acids is 1. The fourth-order valence-corrected chi connectivity index (χ4v) is 3.19. The summed E-state index contributed by atoms with van der Waals surface area (Å²) in [5.74, 6) is -0.157. The summed E-state index contributed by atoms with van der Waals surface area (Å²) in [4.78, 5) is 11.5. The predicted molar refractivity (Wildman–Crippen MR) is 77.4 cm³/mol. The van der Waals surface area contributed by atoms with Crippen molar-refractivity contribution in [2.24, 2.45) is 11.7 Å². The number of nitrogens with one attached hydrogen (secondary N) is 1. The van der Waals surface area contributed by atoms with E-state index in [2.05, 4.69) is 9.46 Å². The Labute approximate surface area is 124 Å². The van der Waals surface area contributed by atoms with Crippen molar-refractivity contribution in [3.05, 3.63) is 17.4 Å². The van der Waals surface area contributed by atoms with Gasteiger partial charge in [0, 0.05) is 18.7 Å². The van der Waals surface area contributed by atoms with Gasteiger partial charge < -0.3 is 14.9 Å². The van der Waals surface area contributed by atoms with E-state index in [0.717, 1.165) is 6.07 Å². The van der Waals surface area contributed by atoms with E-state index in [-0.39, 0.29) is 29.0 Å². The molecule has 1 atom stereocenters. The highest BCUT2D eigenvalue weighted by Gasteiger charge is 2.26. The summed E-state index contributed by atoms with van der Waals surface area (Å²) in [6, 6.07) is 0.772. The number of methoxy groups -OCH3 is 1. The first-order valence-corrected chi connectivity index (χ1v) is 8.10. The highest BCUT2D eigenvalue weighted by Crippen LogP contribution is 2.20. The van der Waals surface area contributed by atoms with Crippen LogP contribution in [0.15, 0.2) is 15.6 Å². The Morgan fingerprint density at radius 3 is 2.57 bits per heavy atom. The average Bonchev–Trinajstić information content (AvgIpc) is 2.79. The summed E-state index contributed by atoms with van der Waals surface area (Å²) in [6.07, 6.45) is 0.610. The first-order chi connectivity index (χ1) is 9.71. The Morgan fingerprint density at radius 2 is 2.10 bits per heavy atom. The summed E-state index contributed by atoms with van der Waals surface area (Å²) in [7, 11) is -2.65. The molecule has 120 valence electrons. The lowest BCUT2D eigenvalue weighted by Gasteiger charge is -2.17. The van der Waals surface area contributed by atoms with Gasteiger partial charge in [0.05, 0.1) is 7.11 Å². The molecule has 0 saturated heterocycles. The highest BCUT2D eigenvalue weighted by atomic mass is 32.2. The van der Waals surface area contributed by atoms with Crippen LogP contribution in [0.5, 0.6) is 0 Å². The van der Waals surface area contributed by atoms with E-state index in [4.69, 9.17) is 10.2 Å². The van der Waals surface area contributed by atoms with Crippen LogP contribution in [0.4, 0.5) is 0 Å². The maximum absolute atomic E-state index is 12.2. The number of aryl methyl sites for hydroxylation is 1. The van der Waals surface area contributed by atoms with Crippen LogP contribution in [-0.4, -0.2) is 34.1 Å². The fourth-order valence-electron chi connectivity index (χ4n) is 1.94. The minimum absolute atomic E-state index is 0.0889. The minimum atomic E-state index is -3.87. The molecule has 1 rings (SSSR count). The number of carbonyl (C=O) groups is 1. The zero-order valence-corrected chi connectivity index (χ0v) is 13.5. The molecule has 0 spiro atoms. The number of nitrogens with two attached hydrogens (primary N) is 1. The normalized spacial score (nSPS) is 13.4. The lowest BCUT2D eigenvalue weighted by molar-refractivity contribution is 0.0599. The molecule has 0 saturated carbocycles. The van der Waals surface area contributed by atoms with E-state index < -0.39 is 16.0 Å². The summed E-state index contributed by atoms with van der Waals surface area (Å²) in [5.41, 5.74) is 5.67. The molecule has 0 aliphatic heterocycles.